The van der Waals surface area contributed by atoms with Crippen molar-refractivity contribution in [2.75, 3.05) is 39.4 Å². The van der Waals surface area contributed by atoms with Crippen molar-refractivity contribution in [3.8, 4) is 0 Å². The number of hydrogen-bond acceptors (Lipinski definition) is 4. The molecule has 32 heavy (non-hydrogen) atoms. The molecule has 0 aromatic carbocycles. The number of pyridine rings is 1. The van der Waals surface area contributed by atoms with Crippen LogP contribution in [0.1, 0.15) is 60.9 Å². The predicted molar refractivity (Wildman–Crippen MR) is 133 cm³/mol. The van der Waals surface area contributed by atoms with Crippen LogP contribution in [0.4, 0.5) is 0 Å². The maximum atomic E-state index is 5.80. The zero-order valence-electron chi connectivity index (χ0n) is 19.7. The highest BCUT2D eigenvalue weighted by Crippen LogP contribution is 2.40. The van der Waals surface area contributed by atoms with Crippen molar-refractivity contribution in [3.05, 3.63) is 53.1 Å². The molecule has 0 saturated carbocycles. The van der Waals surface area contributed by atoms with E-state index in [1.807, 2.05) is 12.3 Å². The zero-order chi connectivity index (χ0) is 22.5. The molecule has 0 unspecified atom stereocenters. The van der Waals surface area contributed by atoms with Gasteiger partial charge in [0.1, 0.15) is 0 Å². The molecular formula is C25H37N5OS. The minimum absolute atomic E-state index is 0.0721. The average molecular weight is 456 g/mol. The van der Waals surface area contributed by atoms with Gasteiger partial charge in [0.25, 0.3) is 0 Å². The van der Waals surface area contributed by atoms with E-state index in [1.165, 1.54) is 17.0 Å². The number of nitrogens with zero attached hydrogens (tertiary/aromatic N) is 4. The summed E-state index contributed by atoms with van der Waals surface area (Å²) in [6, 6.07) is 8.76. The van der Waals surface area contributed by atoms with E-state index in [4.69, 9.17) is 17.0 Å². The zero-order valence-corrected chi connectivity index (χ0v) is 20.5. The molecule has 2 saturated heterocycles. The van der Waals surface area contributed by atoms with Gasteiger partial charge < -0.3 is 19.5 Å². The Bertz CT molecular complexity index is 893. The quantitative estimate of drug-likeness (QED) is 0.577. The highest BCUT2D eigenvalue weighted by atomic mass is 32.1. The smallest absolute Gasteiger partial charge is 0.170 e. The largest absolute Gasteiger partial charge is 0.379 e. The van der Waals surface area contributed by atoms with Gasteiger partial charge in [-0.3, -0.25) is 9.88 Å². The summed E-state index contributed by atoms with van der Waals surface area (Å²) in [6.45, 7) is 13.7. The van der Waals surface area contributed by atoms with Gasteiger partial charge in [-0.15, -0.1) is 0 Å². The van der Waals surface area contributed by atoms with E-state index in [0.29, 0.717) is 0 Å². The van der Waals surface area contributed by atoms with E-state index in [2.05, 4.69) is 63.6 Å². The van der Waals surface area contributed by atoms with Crippen LogP contribution in [-0.4, -0.2) is 63.9 Å². The van der Waals surface area contributed by atoms with Crippen LogP contribution in [0, 0.1) is 13.8 Å². The second-order valence-electron chi connectivity index (χ2n) is 8.96. The number of ether oxygens (including phenoxy) is 1. The lowest BCUT2D eigenvalue weighted by molar-refractivity contribution is 0.0369. The van der Waals surface area contributed by atoms with Gasteiger partial charge in [-0.1, -0.05) is 19.4 Å². The number of morpholine rings is 1. The Balaban J connectivity index is 1.56. The molecule has 2 aromatic rings. The van der Waals surface area contributed by atoms with Crippen molar-refractivity contribution in [2.45, 2.75) is 58.7 Å². The number of unbranched alkanes of at least 4 members (excludes halogenated alkanes) is 1. The highest BCUT2D eigenvalue weighted by molar-refractivity contribution is 7.80. The summed E-state index contributed by atoms with van der Waals surface area (Å²) in [5.74, 6) is 0. The SMILES string of the molecule is CCCCN1C(=S)N[C@@H](c2ccccn2)[C@@H]1c1cc(C)n(CCCN2CCOCC2)c1C. The van der Waals surface area contributed by atoms with Gasteiger partial charge in [0, 0.05) is 50.3 Å². The Labute approximate surface area is 197 Å². The normalized spacial score (nSPS) is 21.8. The summed E-state index contributed by atoms with van der Waals surface area (Å²) in [7, 11) is 0. The summed E-state index contributed by atoms with van der Waals surface area (Å²) >= 11 is 5.80. The summed E-state index contributed by atoms with van der Waals surface area (Å²) in [6.07, 6.45) is 5.31. The predicted octanol–water partition coefficient (Wildman–Crippen LogP) is 3.99. The third-order valence-electron chi connectivity index (χ3n) is 6.84. The standard InChI is InChI=1S/C25H37N5OS/c1-4-5-12-30-24(23(27-25(30)32)22-9-6-7-10-26-22)21-18-19(2)29(20(21)3)13-8-11-28-14-16-31-17-15-28/h6-7,9-10,18,23-24H,4-5,8,11-17H2,1-3H3,(H,27,32)/t23-,24-/m0/s1. The fraction of sp³-hybridized carbons (Fsp3) is 0.600. The highest BCUT2D eigenvalue weighted by Gasteiger charge is 2.40. The van der Waals surface area contributed by atoms with Crippen LogP contribution < -0.4 is 5.32 Å². The van der Waals surface area contributed by atoms with E-state index in [1.54, 1.807) is 0 Å². The van der Waals surface area contributed by atoms with Crippen molar-refractivity contribution < 1.29 is 4.74 Å². The molecule has 0 amide bonds. The Morgan fingerprint density at radius 2 is 1.94 bits per heavy atom. The molecular weight excluding hydrogens is 418 g/mol. The van der Waals surface area contributed by atoms with Crippen LogP contribution in [0.3, 0.4) is 0 Å². The molecule has 0 aliphatic carbocycles. The second kappa shape index (κ2) is 10.8. The van der Waals surface area contributed by atoms with Crippen LogP contribution >= 0.6 is 12.2 Å². The van der Waals surface area contributed by atoms with Crippen molar-refractivity contribution in [3.63, 3.8) is 0 Å². The average Bonchev–Trinajstić information content (AvgIpc) is 3.29. The molecule has 2 aliphatic rings. The van der Waals surface area contributed by atoms with Gasteiger partial charge in [0.15, 0.2) is 5.11 Å². The Kier molecular flexibility index (Phi) is 7.81. The third-order valence-corrected chi connectivity index (χ3v) is 7.19. The van der Waals surface area contributed by atoms with Gasteiger partial charge in [0.2, 0.25) is 0 Å². The van der Waals surface area contributed by atoms with Gasteiger partial charge in [-0.25, -0.2) is 0 Å². The second-order valence-corrected chi connectivity index (χ2v) is 9.35. The fourth-order valence-electron chi connectivity index (χ4n) is 5.06. The Hall–Kier alpha value is -1.96. The van der Waals surface area contributed by atoms with Gasteiger partial charge in [-0.2, -0.15) is 0 Å². The summed E-state index contributed by atoms with van der Waals surface area (Å²) in [4.78, 5) is 9.58. The Morgan fingerprint density at radius 1 is 1.12 bits per heavy atom. The maximum Gasteiger partial charge on any atom is 0.170 e. The van der Waals surface area contributed by atoms with Crippen molar-refractivity contribution in [2.24, 2.45) is 0 Å². The molecule has 1 N–H and O–H groups in total. The molecule has 2 aliphatic heterocycles. The topological polar surface area (TPSA) is 45.6 Å². The molecule has 174 valence electrons. The van der Waals surface area contributed by atoms with E-state index in [9.17, 15) is 0 Å². The van der Waals surface area contributed by atoms with Crippen molar-refractivity contribution in [1.29, 1.82) is 0 Å². The Morgan fingerprint density at radius 3 is 2.66 bits per heavy atom. The number of aromatic nitrogens is 2. The van der Waals surface area contributed by atoms with E-state index < -0.39 is 0 Å². The lowest BCUT2D eigenvalue weighted by atomic mass is 9.96. The fourth-order valence-corrected chi connectivity index (χ4v) is 5.39. The molecule has 4 heterocycles. The molecule has 2 fully saturated rings. The lowest BCUT2D eigenvalue weighted by Gasteiger charge is -2.28. The number of thiocarbonyl (C=S) groups is 1. The summed E-state index contributed by atoms with van der Waals surface area (Å²) in [5, 5.41) is 4.43. The van der Waals surface area contributed by atoms with Crippen LogP contribution in [0.15, 0.2) is 30.5 Å². The minimum atomic E-state index is 0.0721. The first-order valence-corrected chi connectivity index (χ1v) is 12.5. The summed E-state index contributed by atoms with van der Waals surface area (Å²) in [5.41, 5.74) is 5.10. The van der Waals surface area contributed by atoms with E-state index in [0.717, 1.165) is 76.0 Å². The van der Waals surface area contributed by atoms with Crippen LogP contribution in [-0.2, 0) is 11.3 Å². The number of hydrogen-bond donors (Lipinski definition) is 1. The van der Waals surface area contributed by atoms with Crippen LogP contribution in [0.5, 0.6) is 0 Å². The molecule has 2 atom stereocenters. The first kappa shape index (κ1) is 23.2. The lowest BCUT2D eigenvalue weighted by Crippen LogP contribution is -2.37. The van der Waals surface area contributed by atoms with Gasteiger partial charge in [0.05, 0.1) is 31.0 Å². The monoisotopic (exact) mass is 455 g/mol. The molecule has 4 rings (SSSR count). The molecule has 2 aromatic heterocycles. The molecule has 0 spiro atoms. The van der Waals surface area contributed by atoms with Gasteiger partial charge in [-0.05, 0) is 62.7 Å². The van der Waals surface area contributed by atoms with Crippen LogP contribution in [0.2, 0.25) is 0 Å². The number of aryl methyl sites for hydroxylation is 1. The summed E-state index contributed by atoms with van der Waals surface area (Å²) < 4.78 is 7.97. The third kappa shape index (κ3) is 5.00. The molecule has 6 nitrogen and oxygen atoms in total. The van der Waals surface area contributed by atoms with Gasteiger partial charge >= 0.3 is 0 Å². The molecule has 0 radical (unpaired) electrons. The van der Waals surface area contributed by atoms with Crippen LogP contribution in [0.25, 0.3) is 0 Å². The van der Waals surface area contributed by atoms with E-state index >= 15 is 0 Å². The number of rotatable bonds is 9. The minimum Gasteiger partial charge on any atom is -0.379 e. The number of nitrogens with one attached hydrogen (secondary N) is 1. The first-order chi connectivity index (χ1) is 15.6. The van der Waals surface area contributed by atoms with E-state index in [-0.39, 0.29) is 12.1 Å². The van der Waals surface area contributed by atoms with Crippen molar-refractivity contribution in [1.82, 2.24) is 24.7 Å². The first-order valence-electron chi connectivity index (χ1n) is 12.0. The molecule has 7 heteroatoms. The molecule has 0 bridgehead atoms. The maximum absolute atomic E-state index is 5.80. The van der Waals surface area contributed by atoms with Crippen molar-refractivity contribution >= 4 is 17.3 Å².